The molecule has 0 radical (unpaired) electrons. The van der Waals surface area contributed by atoms with Crippen LogP contribution in [0.1, 0.15) is 55.9 Å². The standard InChI is InChI=1S/C37H43N3O4S/c1-27(2)32-18-20-33(21-19-32)40(45(43,44)34-22-16-29(5)17-23-34)26-36(41)39(25-31-14-10-7-11-15-31)35(37(42)38-28(3)4)24-30-12-8-6-9-13-30/h6-23,27-28,35H,24-26H2,1-5H3,(H,38,42)/t35-/m1/s1. The first kappa shape index (κ1) is 33.5. The lowest BCUT2D eigenvalue weighted by atomic mass is 10.0. The summed E-state index contributed by atoms with van der Waals surface area (Å²) in [5, 5.41) is 2.98. The van der Waals surface area contributed by atoms with E-state index in [-0.39, 0.29) is 35.7 Å². The third-order valence-corrected chi connectivity index (χ3v) is 9.42. The maximum Gasteiger partial charge on any atom is 0.264 e. The van der Waals surface area contributed by atoms with E-state index in [1.165, 1.54) is 4.90 Å². The van der Waals surface area contributed by atoms with Gasteiger partial charge in [-0.25, -0.2) is 8.42 Å². The predicted octanol–water partition coefficient (Wildman–Crippen LogP) is 6.48. The zero-order chi connectivity index (χ0) is 32.6. The molecule has 0 bridgehead atoms. The number of carbonyl (C=O) groups is 2. The number of aryl methyl sites for hydroxylation is 1. The Hall–Kier alpha value is -4.43. The van der Waals surface area contributed by atoms with E-state index in [2.05, 4.69) is 19.2 Å². The van der Waals surface area contributed by atoms with Gasteiger partial charge in [-0.2, -0.15) is 0 Å². The molecule has 0 aromatic heterocycles. The van der Waals surface area contributed by atoms with Crippen LogP contribution in [0.5, 0.6) is 0 Å². The minimum Gasteiger partial charge on any atom is -0.352 e. The molecule has 1 atom stereocenters. The van der Waals surface area contributed by atoms with Gasteiger partial charge in [0.2, 0.25) is 11.8 Å². The lowest BCUT2D eigenvalue weighted by Gasteiger charge is -2.34. The average Bonchev–Trinajstić information content (AvgIpc) is 3.02. The fourth-order valence-electron chi connectivity index (χ4n) is 5.11. The number of nitrogens with zero attached hydrogens (tertiary/aromatic N) is 2. The van der Waals surface area contributed by atoms with Crippen molar-refractivity contribution in [2.75, 3.05) is 10.8 Å². The summed E-state index contributed by atoms with van der Waals surface area (Å²) in [6.45, 7) is 9.41. The van der Waals surface area contributed by atoms with Crippen LogP contribution in [0.3, 0.4) is 0 Å². The molecule has 0 aliphatic heterocycles. The van der Waals surface area contributed by atoms with Crippen LogP contribution in [-0.2, 0) is 32.6 Å². The molecule has 236 valence electrons. The van der Waals surface area contributed by atoms with Gasteiger partial charge in [0.05, 0.1) is 10.6 Å². The highest BCUT2D eigenvalue weighted by atomic mass is 32.2. The number of nitrogens with one attached hydrogen (secondary N) is 1. The molecule has 4 rings (SSSR count). The molecule has 0 aliphatic carbocycles. The van der Waals surface area contributed by atoms with Gasteiger partial charge in [-0.15, -0.1) is 0 Å². The van der Waals surface area contributed by atoms with Crippen LogP contribution in [-0.4, -0.2) is 43.8 Å². The fourth-order valence-corrected chi connectivity index (χ4v) is 6.52. The van der Waals surface area contributed by atoms with Crippen LogP contribution in [0.2, 0.25) is 0 Å². The summed E-state index contributed by atoms with van der Waals surface area (Å²) in [6.07, 6.45) is 0.270. The first-order valence-corrected chi connectivity index (χ1v) is 16.8. The maximum atomic E-state index is 14.5. The summed E-state index contributed by atoms with van der Waals surface area (Å²) in [5.74, 6) is -0.530. The van der Waals surface area contributed by atoms with Gasteiger partial charge in [0.25, 0.3) is 10.0 Å². The Bertz CT molecular complexity index is 1650. The van der Waals surface area contributed by atoms with E-state index in [0.717, 1.165) is 26.6 Å². The highest BCUT2D eigenvalue weighted by Gasteiger charge is 2.34. The van der Waals surface area contributed by atoms with Crippen molar-refractivity contribution in [1.29, 1.82) is 0 Å². The van der Waals surface area contributed by atoms with E-state index in [4.69, 9.17) is 0 Å². The lowest BCUT2D eigenvalue weighted by molar-refractivity contribution is -0.140. The van der Waals surface area contributed by atoms with Crippen LogP contribution in [0, 0.1) is 6.92 Å². The second-order valence-electron chi connectivity index (χ2n) is 11.9. The second kappa shape index (κ2) is 15.0. The molecule has 0 saturated carbocycles. The third-order valence-electron chi connectivity index (χ3n) is 7.63. The van der Waals surface area contributed by atoms with Crippen LogP contribution < -0.4 is 9.62 Å². The monoisotopic (exact) mass is 625 g/mol. The molecule has 0 spiro atoms. The Morgan fingerprint density at radius 1 is 0.733 bits per heavy atom. The molecule has 0 fully saturated rings. The molecule has 0 aliphatic rings. The number of sulfonamides is 1. The summed E-state index contributed by atoms with van der Waals surface area (Å²) < 4.78 is 29.5. The summed E-state index contributed by atoms with van der Waals surface area (Å²) in [4.78, 5) is 29.9. The van der Waals surface area contributed by atoms with Gasteiger partial charge in [-0.05, 0) is 67.6 Å². The highest BCUT2D eigenvalue weighted by Crippen LogP contribution is 2.27. The van der Waals surface area contributed by atoms with Gasteiger partial charge in [0, 0.05) is 19.0 Å². The van der Waals surface area contributed by atoms with Crippen molar-refractivity contribution in [2.45, 2.75) is 70.5 Å². The van der Waals surface area contributed by atoms with E-state index >= 15 is 0 Å². The van der Waals surface area contributed by atoms with Crippen molar-refractivity contribution in [2.24, 2.45) is 0 Å². The quantitative estimate of drug-likeness (QED) is 0.184. The largest absolute Gasteiger partial charge is 0.352 e. The van der Waals surface area contributed by atoms with E-state index in [0.29, 0.717) is 5.69 Å². The van der Waals surface area contributed by atoms with Gasteiger partial charge >= 0.3 is 0 Å². The number of hydrogen-bond acceptors (Lipinski definition) is 4. The SMILES string of the molecule is Cc1ccc(S(=O)(=O)N(CC(=O)N(Cc2ccccc2)[C@H](Cc2ccccc2)C(=O)NC(C)C)c2ccc(C(C)C)cc2)cc1. The second-order valence-corrected chi connectivity index (χ2v) is 13.8. The topological polar surface area (TPSA) is 86.8 Å². The molecule has 8 heteroatoms. The summed E-state index contributed by atoms with van der Waals surface area (Å²) in [6, 6.07) is 31.8. The van der Waals surface area contributed by atoms with Gasteiger partial charge in [-0.3, -0.25) is 13.9 Å². The normalized spacial score (nSPS) is 12.2. The molecule has 1 N–H and O–H groups in total. The minimum atomic E-state index is -4.14. The third kappa shape index (κ3) is 8.82. The van der Waals surface area contributed by atoms with E-state index in [9.17, 15) is 18.0 Å². The van der Waals surface area contributed by atoms with E-state index in [1.807, 2.05) is 93.6 Å². The average molecular weight is 626 g/mol. The van der Waals surface area contributed by atoms with Crippen molar-refractivity contribution in [3.63, 3.8) is 0 Å². The molecule has 0 heterocycles. The smallest absolute Gasteiger partial charge is 0.264 e. The molecule has 0 saturated heterocycles. The van der Waals surface area contributed by atoms with Gasteiger partial charge in [-0.1, -0.05) is 104 Å². The van der Waals surface area contributed by atoms with Gasteiger partial charge in [0.15, 0.2) is 0 Å². The zero-order valence-corrected chi connectivity index (χ0v) is 27.5. The number of anilines is 1. The molecule has 0 unspecified atom stereocenters. The number of carbonyl (C=O) groups excluding carboxylic acids is 2. The fraction of sp³-hybridized carbons (Fsp3) is 0.297. The van der Waals surface area contributed by atoms with Crippen molar-refractivity contribution in [3.8, 4) is 0 Å². The molecule has 7 nitrogen and oxygen atoms in total. The highest BCUT2D eigenvalue weighted by molar-refractivity contribution is 7.92. The number of benzene rings is 4. The first-order chi connectivity index (χ1) is 21.5. The van der Waals surface area contributed by atoms with Crippen molar-refractivity contribution in [1.82, 2.24) is 10.2 Å². The van der Waals surface area contributed by atoms with Crippen LogP contribution in [0.4, 0.5) is 5.69 Å². The van der Waals surface area contributed by atoms with Gasteiger partial charge < -0.3 is 10.2 Å². The van der Waals surface area contributed by atoms with E-state index < -0.39 is 28.5 Å². The van der Waals surface area contributed by atoms with Gasteiger partial charge in [0.1, 0.15) is 12.6 Å². The molecule has 4 aromatic carbocycles. The minimum absolute atomic E-state index is 0.0850. The summed E-state index contributed by atoms with van der Waals surface area (Å²) in [7, 11) is -4.14. The Kier molecular flexibility index (Phi) is 11.2. The van der Waals surface area contributed by atoms with Crippen LogP contribution >= 0.6 is 0 Å². The van der Waals surface area contributed by atoms with Crippen molar-refractivity contribution >= 4 is 27.5 Å². The van der Waals surface area contributed by atoms with Crippen molar-refractivity contribution in [3.05, 3.63) is 131 Å². The molecule has 2 amide bonds. The van der Waals surface area contributed by atoms with Crippen LogP contribution in [0.25, 0.3) is 0 Å². The lowest BCUT2D eigenvalue weighted by Crippen LogP contribution is -2.54. The zero-order valence-electron chi connectivity index (χ0n) is 26.7. The summed E-state index contributed by atoms with van der Waals surface area (Å²) >= 11 is 0. The first-order valence-electron chi connectivity index (χ1n) is 15.3. The molecule has 4 aromatic rings. The Balaban J connectivity index is 1.80. The maximum absolute atomic E-state index is 14.5. The Morgan fingerprint density at radius 2 is 1.29 bits per heavy atom. The predicted molar refractivity (Wildman–Crippen MR) is 180 cm³/mol. The molecular weight excluding hydrogens is 582 g/mol. The van der Waals surface area contributed by atoms with E-state index in [1.54, 1.807) is 36.4 Å². The number of rotatable bonds is 13. The summed E-state index contributed by atoms with van der Waals surface area (Å²) in [5.41, 5.74) is 4.07. The van der Waals surface area contributed by atoms with Crippen LogP contribution in [0.15, 0.2) is 114 Å². The number of amides is 2. The Labute approximate surface area is 268 Å². The van der Waals surface area contributed by atoms with Crippen molar-refractivity contribution < 1.29 is 18.0 Å². The molecular formula is C37H43N3O4S. The Morgan fingerprint density at radius 3 is 1.82 bits per heavy atom. The molecule has 45 heavy (non-hydrogen) atoms. The number of hydrogen-bond donors (Lipinski definition) is 1.